The maximum absolute atomic E-state index is 11.9. The number of carbonyl (C=O) groups excluding carboxylic acids is 2. The molecule has 2 amide bonds. The van der Waals surface area contributed by atoms with E-state index in [1.165, 1.54) is 11.3 Å². The number of aromatic nitrogens is 2. The topological polar surface area (TPSA) is 76.0 Å². The highest BCUT2D eigenvalue weighted by molar-refractivity contribution is 7.12. The zero-order valence-electron chi connectivity index (χ0n) is 10.6. The zero-order chi connectivity index (χ0) is 13.8. The minimum atomic E-state index is -0.628. The van der Waals surface area contributed by atoms with E-state index in [0.717, 1.165) is 0 Å². The van der Waals surface area contributed by atoms with Gasteiger partial charge in [0.15, 0.2) is 5.82 Å². The molecule has 0 aliphatic carbocycles. The Hall–Kier alpha value is -2.15. The van der Waals surface area contributed by atoms with E-state index >= 15 is 0 Å². The monoisotopic (exact) mass is 278 g/mol. The molecule has 1 unspecified atom stereocenters. The first kappa shape index (κ1) is 13.3. The van der Waals surface area contributed by atoms with E-state index < -0.39 is 6.04 Å². The van der Waals surface area contributed by atoms with Gasteiger partial charge in [-0.1, -0.05) is 6.07 Å². The SMILES string of the molecule is CC(NC(=O)c1cccs1)C(=O)Nc1ccn(C)n1. The predicted molar refractivity (Wildman–Crippen MR) is 73.1 cm³/mol. The normalized spacial score (nSPS) is 11.9. The highest BCUT2D eigenvalue weighted by Crippen LogP contribution is 2.08. The Bertz CT molecular complexity index is 576. The summed E-state index contributed by atoms with van der Waals surface area (Å²) in [4.78, 5) is 24.2. The molecule has 0 saturated heterocycles. The summed E-state index contributed by atoms with van der Waals surface area (Å²) in [6.07, 6.45) is 1.73. The Morgan fingerprint density at radius 1 is 1.42 bits per heavy atom. The van der Waals surface area contributed by atoms with Gasteiger partial charge in [-0.3, -0.25) is 14.3 Å². The second kappa shape index (κ2) is 5.66. The van der Waals surface area contributed by atoms with E-state index in [1.807, 2.05) is 5.38 Å². The molecule has 2 aromatic rings. The summed E-state index contributed by atoms with van der Waals surface area (Å²) in [5.74, 6) is -0.0907. The summed E-state index contributed by atoms with van der Waals surface area (Å²) in [6, 6.07) is 4.56. The van der Waals surface area contributed by atoms with Crippen LogP contribution in [0.25, 0.3) is 0 Å². The van der Waals surface area contributed by atoms with Crippen molar-refractivity contribution >= 4 is 29.0 Å². The van der Waals surface area contributed by atoms with Crippen molar-refractivity contribution in [3.8, 4) is 0 Å². The van der Waals surface area contributed by atoms with Crippen molar-refractivity contribution < 1.29 is 9.59 Å². The third kappa shape index (κ3) is 3.41. The maximum Gasteiger partial charge on any atom is 0.261 e. The molecule has 2 rings (SSSR count). The van der Waals surface area contributed by atoms with Gasteiger partial charge < -0.3 is 10.6 Å². The molecule has 1 atom stereocenters. The minimum Gasteiger partial charge on any atom is -0.340 e. The Morgan fingerprint density at radius 3 is 2.79 bits per heavy atom. The van der Waals surface area contributed by atoms with Crippen LogP contribution in [-0.2, 0) is 11.8 Å². The number of nitrogens with one attached hydrogen (secondary N) is 2. The van der Waals surface area contributed by atoms with Crippen LogP contribution in [0.3, 0.4) is 0 Å². The Labute approximate surface area is 114 Å². The van der Waals surface area contributed by atoms with E-state index in [0.29, 0.717) is 10.7 Å². The zero-order valence-corrected chi connectivity index (χ0v) is 11.4. The van der Waals surface area contributed by atoms with Gasteiger partial charge >= 0.3 is 0 Å². The number of carbonyl (C=O) groups is 2. The van der Waals surface area contributed by atoms with Crippen LogP contribution in [0.15, 0.2) is 29.8 Å². The van der Waals surface area contributed by atoms with Crippen LogP contribution in [-0.4, -0.2) is 27.6 Å². The fourth-order valence-electron chi connectivity index (χ4n) is 1.46. The van der Waals surface area contributed by atoms with Crippen LogP contribution in [0.5, 0.6) is 0 Å². The Morgan fingerprint density at radius 2 is 2.21 bits per heavy atom. The van der Waals surface area contributed by atoms with Gasteiger partial charge in [0.2, 0.25) is 5.91 Å². The van der Waals surface area contributed by atoms with Crippen LogP contribution in [0.4, 0.5) is 5.82 Å². The first-order chi connectivity index (χ1) is 9.06. The minimum absolute atomic E-state index is 0.251. The molecule has 0 spiro atoms. The van der Waals surface area contributed by atoms with E-state index in [4.69, 9.17) is 0 Å². The number of rotatable bonds is 4. The van der Waals surface area contributed by atoms with Crippen LogP contribution in [0, 0.1) is 0 Å². The average Bonchev–Trinajstić information content (AvgIpc) is 3.00. The van der Waals surface area contributed by atoms with Gasteiger partial charge in [-0.05, 0) is 18.4 Å². The lowest BCUT2D eigenvalue weighted by atomic mass is 10.3. The van der Waals surface area contributed by atoms with Crippen LogP contribution in [0.2, 0.25) is 0 Å². The van der Waals surface area contributed by atoms with Gasteiger partial charge in [0.1, 0.15) is 6.04 Å². The second-order valence-corrected chi connectivity index (χ2v) is 4.98. The summed E-state index contributed by atoms with van der Waals surface area (Å²) < 4.78 is 1.59. The van der Waals surface area contributed by atoms with Crippen LogP contribution < -0.4 is 10.6 Å². The molecule has 7 heteroatoms. The van der Waals surface area contributed by atoms with Crippen molar-refractivity contribution in [2.45, 2.75) is 13.0 Å². The number of nitrogens with zero attached hydrogens (tertiary/aromatic N) is 2. The molecule has 100 valence electrons. The molecule has 6 nitrogen and oxygen atoms in total. The van der Waals surface area contributed by atoms with Gasteiger partial charge in [0.25, 0.3) is 5.91 Å². The molecule has 19 heavy (non-hydrogen) atoms. The van der Waals surface area contributed by atoms with E-state index in [-0.39, 0.29) is 11.8 Å². The van der Waals surface area contributed by atoms with Crippen molar-refractivity contribution in [1.82, 2.24) is 15.1 Å². The number of thiophene rings is 1. The number of hydrogen-bond acceptors (Lipinski definition) is 4. The molecular formula is C12H14N4O2S. The summed E-state index contributed by atoms with van der Waals surface area (Å²) in [6.45, 7) is 1.63. The van der Waals surface area contributed by atoms with Gasteiger partial charge in [-0.25, -0.2) is 0 Å². The van der Waals surface area contributed by atoms with Gasteiger partial charge in [0.05, 0.1) is 4.88 Å². The predicted octanol–water partition coefficient (Wildman–Crippen LogP) is 1.24. The Balaban J connectivity index is 1.91. The molecule has 0 fully saturated rings. The number of anilines is 1. The smallest absolute Gasteiger partial charge is 0.261 e. The average molecular weight is 278 g/mol. The largest absolute Gasteiger partial charge is 0.340 e. The van der Waals surface area contributed by atoms with Crippen LogP contribution >= 0.6 is 11.3 Å². The summed E-state index contributed by atoms with van der Waals surface area (Å²) >= 11 is 1.33. The number of hydrogen-bond donors (Lipinski definition) is 2. The highest BCUT2D eigenvalue weighted by Gasteiger charge is 2.17. The second-order valence-electron chi connectivity index (χ2n) is 4.04. The number of aryl methyl sites for hydroxylation is 1. The van der Waals surface area contributed by atoms with Gasteiger partial charge in [-0.15, -0.1) is 11.3 Å². The molecular weight excluding hydrogens is 264 g/mol. The third-order valence-corrected chi connectivity index (χ3v) is 3.32. The summed E-state index contributed by atoms with van der Waals surface area (Å²) in [7, 11) is 1.76. The Kier molecular flexibility index (Phi) is 3.96. The van der Waals surface area contributed by atoms with Crippen molar-refractivity contribution in [3.05, 3.63) is 34.7 Å². The maximum atomic E-state index is 11.9. The lowest BCUT2D eigenvalue weighted by Gasteiger charge is -2.12. The van der Waals surface area contributed by atoms with Crippen molar-refractivity contribution in [2.75, 3.05) is 5.32 Å². The fraction of sp³-hybridized carbons (Fsp3) is 0.250. The van der Waals surface area contributed by atoms with Gasteiger partial charge in [-0.2, -0.15) is 5.10 Å². The molecule has 0 aliphatic heterocycles. The van der Waals surface area contributed by atoms with E-state index in [9.17, 15) is 9.59 Å². The molecule has 0 saturated carbocycles. The molecule has 0 radical (unpaired) electrons. The fourth-order valence-corrected chi connectivity index (χ4v) is 2.08. The molecule has 0 aliphatic rings. The van der Waals surface area contributed by atoms with Gasteiger partial charge in [0, 0.05) is 19.3 Å². The van der Waals surface area contributed by atoms with Crippen molar-refractivity contribution in [2.24, 2.45) is 7.05 Å². The first-order valence-corrected chi connectivity index (χ1v) is 6.59. The number of amides is 2. The van der Waals surface area contributed by atoms with E-state index in [2.05, 4.69) is 15.7 Å². The first-order valence-electron chi connectivity index (χ1n) is 5.71. The van der Waals surface area contributed by atoms with Crippen molar-refractivity contribution in [1.29, 1.82) is 0 Å². The lowest BCUT2D eigenvalue weighted by Crippen LogP contribution is -2.41. The standard InChI is InChI=1S/C12H14N4O2S/c1-8(13-12(18)9-4-3-7-19-9)11(17)14-10-5-6-16(2)15-10/h3-8H,1-2H3,(H,13,18)(H,14,15,17). The molecule has 2 aromatic heterocycles. The molecule has 0 bridgehead atoms. The third-order valence-electron chi connectivity index (χ3n) is 2.45. The quantitative estimate of drug-likeness (QED) is 0.883. The van der Waals surface area contributed by atoms with Crippen molar-refractivity contribution in [3.63, 3.8) is 0 Å². The molecule has 0 aromatic carbocycles. The van der Waals surface area contributed by atoms with E-state index in [1.54, 1.807) is 43.0 Å². The highest BCUT2D eigenvalue weighted by atomic mass is 32.1. The summed E-state index contributed by atoms with van der Waals surface area (Å²) in [5, 5.41) is 11.1. The molecule has 2 N–H and O–H groups in total. The van der Waals surface area contributed by atoms with Crippen LogP contribution in [0.1, 0.15) is 16.6 Å². The lowest BCUT2D eigenvalue weighted by molar-refractivity contribution is -0.117. The molecule has 2 heterocycles. The summed E-state index contributed by atoms with van der Waals surface area (Å²) in [5.41, 5.74) is 0.